The maximum Gasteiger partial charge on any atom is 0.0424 e. The van der Waals surface area contributed by atoms with Crippen molar-refractivity contribution in [1.29, 1.82) is 0 Å². The molecule has 0 amide bonds. The fourth-order valence-corrected chi connectivity index (χ4v) is 2.73. The van der Waals surface area contributed by atoms with Crippen molar-refractivity contribution in [2.24, 2.45) is 0 Å². The zero-order valence-corrected chi connectivity index (χ0v) is 12.8. The third kappa shape index (κ3) is 5.60. The number of nitrogens with one attached hydrogen (secondary N) is 1. The molecule has 0 aromatic heterocycles. The molecule has 0 spiro atoms. The van der Waals surface area contributed by atoms with Crippen molar-refractivity contribution in [2.45, 2.75) is 52.0 Å². The van der Waals surface area contributed by atoms with Crippen LogP contribution in [-0.4, -0.2) is 6.54 Å². The first-order valence-corrected chi connectivity index (χ1v) is 7.62. The summed E-state index contributed by atoms with van der Waals surface area (Å²) in [6, 6.07) is 6.18. The Morgan fingerprint density at radius 3 is 2.22 bits per heavy atom. The monoisotopic (exact) mass is 287 g/mol. The second-order valence-electron chi connectivity index (χ2n) is 4.66. The van der Waals surface area contributed by atoms with Gasteiger partial charge in [-0.25, -0.2) is 0 Å². The molecule has 18 heavy (non-hydrogen) atoms. The van der Waals surface area contributed by atoms with Crippen molar-refractivity contribution in [3.63, 3.8) is 0 Å². The van der Waals surface area contributed by atoms with E-state index in [0.717, 1.165) is 13.0 Å². The zero-order chi connectivity index (χ0) is 13.4. The van der Waals surface area contributed by atoms with E-state index in [0.29, 0.717) is 16.1 Å². The molecule has 0 bridgehead atoms. The fourth-order valence-electron chi connectivity index (χ4n) is 2.18. The summed E-state index contributed by atoms with van der Waals surface area (Å²) in [7, 11) is 0. The molecule has 1 rings (SSSR count). The van der Waals surface area contributed by atoms with Gasteiger partial charge in [0.25, 0.3) is 0 Å². The second-order valence-corrected chi connectivity index (χ2v) is 5.54. The average molecular weight is 288 g/mol. The summed E-state index contributed by atoms with van der Waals surface area (Å²) < 4.78 is 0. The molecule has 1 nitrogen and oxygen atoms in total. The lowest BCUT2D eigenvalue weighted by atomic mass is 10.00. The van der Waals surface area contributed by atoms with Gasteiger partial charge in [0.05, 0.1) is 0 Å². The lowest BCUT2D eigenvalue weighted by Crippen LogP contribution is -2.20. The van der Waals surface area contributed by atoms with E-state index in [4.69, 9.17) is 23.2 Å². The first-order chi connectivity index (χ1) is 8.67. The minimum absolute atomic E-state index is 0.364. The number of hydrogen-bond donors (Lipinski definition) is 1. The SMILES string of the molecule is CCCCCCC(NCC)c1cc(Cl)cc(Cl)c1. The smallest absolute Gasteiger partial charge is 0.0424 e. The zero-order valence-electron chi connectivity index (χ0n) is 11.3. The highest BCUT2D eigenvalue weighted by molar-refractivity contribution is 6.34. The predicted molar refractivity (Wildman–Crippen MR) is 81.6 cm³/mol. The van der Waals surface area contributed by atoms with Crippen molar-refractivity contribution in [3.8, 4) is 0 Å². The highest BCUT2D eigenvalue weighted by Gasteiger charge is 2.11. The number of rotatable bonds is 8. The summed E-state index contributed by atoms with van der Waals surface area (Å²) in [4.78, 5) is 0. The molecule has 0 radical (unpaired) electrons. The summed E-state index contributed by atoms with van der Waals surface area (Å²) in [6.45, 7) is 5.33. The van der Waals surface area contributed by atoms with Gasteiger partial charge in [0, 0.05) is 16.1 Å². The van der Waals surface area contributed by atoms with E-state index < -0.39 is 0 Å². The van der Waals surface area contributed by atoms with Gasteiger partial charge in [0.15, 0.2) is 0 Å². The van der Waals surface area contributed by atoms with Crippen molar-refractivity contribution < 1.29 is 0 Å². The van der Waals surface area contributed by atoms with Crippen LogP contribution >= 0.6 is 23.2 Å². The van der Waals surface area contributed by atoms with E-state index in [-0.39, 0.29) is 0 Å². The van der Waals surface area contributed by atoms with Crippen molar-refractivity contribution in [2.75, 3.05) is 6.54 Å². The van der Waals surface area contributed by atoms with Gasteiger partial charge in [-0.2, -0.15) is 0 Å². The second kappa shape index (κ2) is 8.79. The molecule has 0 saturated heterocycles. The first kappa shape index (κ1) is 15.8. The van der Waals surface area contributed by atoms with E-state index in [1.165, 1.54) is 31.2 Å². The van der Waals surface area contributed by atoms with Gasteiger partial charge in [0.2, 0.25) is 0 Å². The molecular weight excluding hydrogens is 265 g/mol. The van der Waals surface area contributed by atoms with Gasteiger partial charge < -0.3 is 5.32 Å². The van der Waals surface area contributed by atoms with Gasteiger partial charge >= 0.3 is 0 Å². The van der Waals surface area contributed by atoms with Crippen molar-refractivity contribution in [1.82, 2.24) is 5.32 Å². The first-order valence-electron chi connectivity index (χ1n) is 6.86. The molecule has 1 aromatic rings. The number of benzene rings is 1. The molecule has 102 valence electrons. The van der Waals surface area contributed by atoms with Crippen LogP contribution in [0.2, 0.25) is 10.0 Å². The standard InChI is InChI=1S/C15H23Cl2N/c1-3-5-6-7-8-15(18-4-2)12-9-13(16)11-14(17)10-12/h9-11,15,18H,3-8H2,1-2H3. The highest BCUT2D eigenvalue weighted by Crippen LogP contribution is 2.26. The number of unbranched alkanes of at least 4 members (excludes halogenated alkanes) is 3. The highest BCUT2D eigenvalue weighted by atomic mass is 35.5. The van der Waals surface area contributed by atoms with Crippen LogP contribution in [-0.2, 0) is 0 Å². The third-order valence-electron chi connectivity index (χ3n) is 3.08. The van der Waals surface area contributed by atoms with Gasteiger partial charge in [-0.1, -0.05) is 62.7 Å². The van der Waals surface area contributed by atoms with E-state index in [1.807, 2.05) is 12.1 Å². The summed E-state index contributed by atoms with van der Waals surface area (Å²) in [6.07, 6.45) is 6.27. The molecular formula is C15H23Cl2N. The van der Waals surface area contributed by atoms with Gasteiger partial charge in [-0.15, -0.1) is 0 Å². The number of halogens is 2. The average Bonchev–Trinajstić information content (AvgIpc) is 2.32. The Bertz CT molecular complexity index is 332. The largest absolute Gasteiger partial charge is 0.310 e. The molecule has 0 saturated carbocycles. The van der Waals surface area contributed by atoms with Crippen LogP contribution < -0.4 is 5.32 Å². The molecule has 0 aliphatic carbocycles. The maximum absolute atomic E-state index is 6.07. The van der Waals surface area contributed by atoms with E-state index >= 15 is 0 Å². The summed E-state index contributed by atoms with van der Waals surface area (Å²) >= 11 is 12.1. The molecule has 0 heterocycles. The molecule has 1 unspecified atom stereocenters. The van der Waals surface area contributed by atoms with Crippen LogP contribution in [0.15, 0.2) is 18.2 Å². The Labute approximate surface area is 121 Å². The molecule has 0 aliphatic rings. The predicted octanol–water partition coefficient (Wildman–Crippen LogP) is 5.61. The minimum atomic E-state index is 0.364. The number of hydrogen-bond acceptors (Lipinski definition) is 1. The molecule has 1 N–H and O–H groups in total. The van der Waals surface area contributed by atoms with Gasteiger partial charge in [0.1, 0.15) is 0 Å². The van der Waals surface area contributed by atoms with Crippen LogP contribution in [0, 0.1) is 0 Å². The van der Waals surface area contributed by atoms with Crippen LogP contribution in [0.3, 0.4) is 0 Å². The Balaban J connectivity index is 2.64. The van der Waals surface area contributed by atoms with Gasteiger partial charge in [-0.05, 0) is 36.7 Å². The van der Waals surface area contributed by atoms with E-state index in [1.54, 1.807) is 6.07 Å². The molecule has 0 aliphatic heterocycles. The van der Waals surface area contributed by atoms with Crippen LogP contribution in [0.1, 0.15) is 57.6 Å². The normalized spacial score (nSPS) is 12.7. The van der Waals surface area contributed by atoms with E-state index in [2.05, 4.69) is 19.2 Å². The summed E-state index contributed by atoms with van der Waals surface area (Å²) in [5, 5.41) is 4.95. The Morgan fingerprint density at radius 2 is 1.67 bits per heavy atom. The Morgan fingerprint density at radius 1 is 1.00 bits per heavy atom. The molecule has 0 fully saturated rings. The molecule has 1 aromatic carbocycles. The maximum atomic E-state index is 6.07. The molecule has 1 atom stereocenters. The lowest BCUT2D eigenvalue weighted by Gasteiger charge is -2.19. The van der Waals surface area contributed by atoms with E-state index in [9.17, 15) is 0 Å². The van der Waals surface area contributed by atoms with Crippen molar-refractivity contribution >= 4 is 23.2 Å². The molecule has 3 heteroatoms. The third-order valence-corrected chi connectivity index (χ3v) is 3.52. The Hall–Kier alpha value is -0.240. The van der Waals surface area contributed by atoms with Gasteiger partial charge in [-0.3, -0.25) is 0 Å². The topological polar surface area (TPSA) is 12.0 Å². The fraction of sp³-hybridized carbons (Fsp3) is 0.600. The Kier molecular flexibility index (Phi) is 7.73. The van der Waals surface area contributed by atoms with Crippen LogP contribution in [0.25, 0.3) is 0 Å². The van der Waals surface area contributed by atoms with Crippen LogP contribution in [0.5, 0.6) is 0 Å². The lowest BCUT2D eigenvalue weighted by molar-refractivity contribution is 0.482. The summed E-state index contributed by atoms with van der Waals surface area (Å²) in [5.41, 5.74) is 1.20. The van der Waals surface area contributed by atoms with Crippen LogP contribution in [0.4, 0.5) is 0 Å². The van der Waals surface area contributed by atoms with Crippen molar-refractivity contribution in [3.05, 3.63) is 33.8 Å². The quantitative estimate of drug-likeness (QED) is 0.613. The minimum Gasteiger partial charge on any atom is -0.310 e. The summed E-state index contributed by atoms with van der Waals surface area (Å²) in [5.74, 6) is 0.